The number of unbranched alkanes of at least 4 members (excludes halogenated alkanes) is 7. The van der Waals surface area contributed by atoms with Gasteiger partial charge in [-0.3, -0.25) is 24.4 Å². The van der Waals surface area contributed by atoms with Gasteiger partial charge in [-0.05, 0) is 30.4 Å². The van der Waals surface area contributed by atoms with E-state index in [9.17, 15) is 19.6 Å². The molecule has 2 N–H and O–H groups in total. The van der Waals surface area contributed by atoms with Crippen LogP contribution in [0.25, 0.3) is 0 Å². The zero-order valence-corrected chi connectivity index (χ0v) is 22.2. The van der Waals surface area contributed by atoms with E-state index in [0.29, 0.717) is 19.3 Å². The molecule has 37 heavy (non-hydrogen) atoms. The number of hydroxylamine groups is 3. The van der Waals surface area contributed by atoms with Gasteiger partial charge >= 0.3 is 0 Å². The Morgan fingerprint density at radius 1 is 1.03 bits per heavy atom. The number of hydrogen-bond donors (Lipinski definition) is 2. The van der Waals surface area contributed by atoms with Gasteiger partial charge in [0.15, 0.2) is 11.5 Å². The lowest BCUT2D eigenvalue weighted by atomic mass is 9.86. The van der Waals surface area contributed by atoms with Crippen molar-refractivity contribution in [2.45, 2.75) is 83.5 Å². The van der Waals surface area contributed by atoms with Crippen molar-refractivity contribution < 1.29 is 24.4 Å². The molecule has 0 spiro atoms. The van der Waals surface area contributed by atoms with E-state index in [1.807, 2.05) is 30.3 Å². The van der Waals surface area contributed by atoms with Gasteiger partial charge in [0, 0.05) is 13.5 Å². The Hall–Kier alpha value is -3.17. The van der Waals surface area contributed by atoms with E-state index in [1.54, 1.807) is 5.48 Å². The summed E-state index contributed by atoms with van der Waals surface area (Å²) < 4.78 is 0. The summed E-state index contributed by atoms with van der Waals surface area (Å²) in [6, 6.07) is 9.59. The number of ketones is 1. The summed E-state index contributed by atoms with van der Waals surface area (Å²) in [5.41, 5.74) is 2.88. The molecular formula is C28H40N4O5. The van der Waals surface area contributed by atoms with Gasteiger partial charge < -0.3 is 0 Å². The number of aryl methyl sites for hydroxylation is 1. The zero-order chi connectivity index (χ0) is 27.0. The summed E-state index contributed by atoms with van der Waals surface area (Å²) in [6.07, 6.45) is 11.0. The molecule has 0 aliphatic rings. The molecule has 0 bridgehead atoms. The predicted octanol–water partition coefficient (Wildman–Crippen LogP) is 5.05. The molecule has 1 aromatic heterocycles. The predicted molar refractivity (Wildman–Crippen MR) is 140 cm³/mol. The van der Waals surface area contributed by atoms with Gasteiger partial charge in [0.2, 0.25) is 0 Å². The van der Waals surface area contributed by atoms with Crippen molar-refractivity contribution in [1.29, 1.82) is 0 Å². The maximum atomic E-state index is 13.5. The zero-order valence-electron chi connectivity index (χ0n) is 22.2. The second-order valence-electron chi connectivity index (χ2n) is 9.21. The lowest BCUT2D eigenvalue weighted by Gasteiger charge is -2.21. The Labute approximate surface area is 219 Å². The lowest BCUT2D eigenvalue weighted by molar-refractivity contribution is -0.130. The van der Waals surface area contributed by atoms with E-state index in [1.165, 1.54) is 46.0 Å². The molecule has 0 fully saturated rings. The van der Waals surface area contributed by atoms with Gasteiger partial charge in [-0.25, -0.2) is 10.5 Å². The summed E-state index contributed by atoms with van der Waals surface area (Å²) in [7, 11) is 2.75. The minimum atomic E-state index is -0.905. The highest BCUT2D eigenvalue weighted by Crippen LogP contribution is 2.28. The van der Waals surface area contributed by atoms with E-state index in [-0.39, 0.29) is 29.0 Å². The Morgan fingerprint density at radius 2 is 1.68 bits per heavy atom. The lowest BCUT2D eigenvalue weighted by Crippen LogP contribution is -2.32. The molecule has 9 heteroatoms. The molecule has 9 nitrogen and oxygen atoms in total. The maximum absolute atomic E-state index is 13.5. The Bertz CT molecular complexity index is 999. The van der Waals surface area contributed by atoms with Gasteiger partial charge in [-0.1, -0.05) is 82.2 Å². The molecule has 202 valence electrons. The Balaban J connectivity index is 2.29. The number of benzene rings is 1. The molecule has 1 aromatic carbocycles. The molecule has 2 rings (SSSR count). The van der Waals surface area contributed by atoms with E-state index in [4.69, 9.17) is 4.84 Å². The molecule has 0 saturated carbocycles. The van der Waals surface area contributed by atoms with Crippen molar-refractivity contribution in [3.8, 4) is 0 Å². The number of carbonyl (C=O) groups excluding carboxylic acids is 3. The van der Waals surface area contributed by atoms with Crippen molar-refractivity contribution in [2.24, 2.45) is 0 Å². The first-order chi connectivity index (χ1) is 17.9. The van der Waals surface area contributed by atoms with Crippen molar-refractivity contribution in [3.63, 3.8) is 0 Å². The third kappa shape index (κ3) is 9.33. The molecule has 0 aliphatic heterocycles. The van der Waals surface area contributed by atoms with Crippen LogP contribution in [0.4, 0.5) is 0 Å². The van der Waals surface area contributed by atoms with Crippen molar-refractivity contribution in [3.05, 3.63) is 58.9 Å². The summed E-state index contributed by atoms with van der Waals surface area (Å²) in [6.45, 7) is 2.19. The van der Waals surface area contributed by atoms with Crippen LogP contribution in [0.15, 0.2) is 36.5 Å². The van der Waals surface area contributed by atoms with Crippen LogP contribution < -0.4 is 5.48 Å². The highest BCUT2D eigenvalue weighted by Gasteiger charge is 2.31. The van der Waals surface area contributed by atoms with E-state index in [2.05, 4.69) is 17.1 Å². The molecule has 0 aliphatic carbocycles. The standard InChI is InChI=1S/C28H40N4O5/c1-4-5-6-7-8-9-10-14-17-24(33)25-23(20-29-30-26(25)28(35)32(2)37-3)22(27(34)31-36)19-18-21-15-12-11-13-16-21/h11-13,15-16,20,22,36H,4-10,14,17-19H2,1-3H3,(H,31,34)/t22-/m0/s1. The SMILES string of the molecule is CCCCCCCCCCC(=O)c1c([C@H](CCc2ccccc2)C(=O)NO)cnnc1C(=O)N(C)OC. The summed E-state index contributed by atoms with van der Waals surface area (Å²) in [5.74, 6) is -2.50. The number of nitrogens with one attached hydrogen (secondary N) is 1. The van der Waals surface area contributed by atoms with Crippen LogP contribution in [-0.2, 0) is 16.1 Å². The Morgan fingerprint density at radius 3 is 2.30 bits per heavy atom. The largest absolute Gasteiger partial charge is 0.298 e. The van der Waals surface area contributed by atoms with Crippen molar-refractivity contribution in [1.82, 2.24) is 20.7 Å². The highest BCUT2D eigenvalue weighted by atomic mass is 16.7. The number of hydrogen-bond acceptors (Lipinski definition) is 7. The second kappa shape index (κ2) is 16.6. The number of aromatic nitrogens is 2. The van der Waals surface area contributed by atoms with Gasteiger partial charge in [0.05, 0.1) is 24.8 Å². The normalized spacial score (nSPS) is 11.7. The number of amides is 2. The number of Topliss-reactive ketones (excluding diaryl/α,β-unsaturated/α-hetero) is 1. The summed E-state index contributed by atoms with van der Waals surface area (Å²) >= 11 is 0. The fraction of sp³-hybridized carbons (Fsp3) is 0.536. The van der Waals surface area contributed by atoms with Gasteiger partial charge in [0.25, 0.3) is 11.8 Å². The van der Waals surface area contributed by atoms with Gasteiger partial charge in [-0.2, -0.15) is 5.10 Å². The average molecular weight is 513 g/mol. The minimum absolute atomic E-state index is 0.0634. The monoisotopic (exact) mass is 512 g/mol. The second-order valence-corrected chi connectivity index (χ2v) is 9.21. The smallest absolute Gasteiger partial charge is 0.294 e. The maximum Gasteiger partial charge on any atom is 0.298 e. The molecule has 1 atom stereocenters. The molecular weight excluding hydrogens is 472 g/mol. The number of nitrogens with zero attached hydrogens (tertiary/aromatic N) is 3. The van der Waals surface area contributed by atoms with Crippen LogP contribution >= 0.6 is 0 Å². The molecule has 0 unspecified atom stereocenters. The number of carbonyl (C=O) groups is 3. The first-order valence-corrected chi connectivity index (χ1v) is 13.1. The van der Waals surface area contributed by atoms with Crippen LogP contribution in [-0.4, -0.2) is 52.2 Å². The van der Waals surface area contributed by atoms with Crippen LogP contribution in [0.2, 0.25) is 0 Å². The summed E-state index contributed by atoms with van der Waals surface area (Å²) in [4.78, 5) is 44.2. The van der Waals surface area contributed by atoms with Crippen LogP contribution in [0.5, 0.6) is 0 Å². The van der Waals surface area contributed by atoms with Crippen LogP contribution in [0.1, 0.15) is 109 Å². The van der Waals surface area contributed by atoms with E-state index >= 15 is 0 Å². The number of rotatable bonds is 17. The van der Waals surface area contributed by atoms with Crippen molar-refractivity contribution >= 4 is 17.6 Å². The van der Waals surface area contributed by atoms with Gasteiger partial charge in [0.1, 0.15) is 0 Å². The average Bonchev–Trinajstić information content (AvgIpc) is 2.93. The van der Waals surface area contributed by atoms with E-state index in [0.717, 1.165) is 29.9 Å². The molecule has 1 heterocycles. The quantitative estimate of drug-likeness (QED) is 0.132. The molecule has 0 radical (unpaired) electrons. The summed E-state index contributed by atoms with van der Waals surface area (Å²) in [5, 5.41) is 18.3. The highest BCUT2D eigenvalue weighted by molar-refractivity contribution is 6.08. The third-order valence-corrected chi connectivity index (χ3v) is 6.55. The minimum Gasteiger partial charge on any atom is -0.294 e. The van der Waals surface area contributed by atoms with Crippen LogP contribution in [0, 0.1) is 0 Å². The Kier molecular flexibility index (Phi) is 13.4. The van der Waals surface area contributed by atoms with Crippen molar-refractivity contribution in [2.75, 3.05) is 14.2 Å². The molecule has 2 aromatic rings. The van der Waals surface area contributed by atoms with Crippen LogP contribution in [0.3, 0.4) is 0 Å². The third-order valence-electron chi connectivity index (χ3n) is 6.55. The van der Waals surface area contributed by atoms with E-state index < -0.39 is 17.7 Å². The first kappa shape index (κ1) is 30.1. The first-order valence-electron chi connectivity index (χ1n) is 13.1. The molecule has 2 amide bonds. The topological polar surface area (TPSA) is 122 Å². The fourth-order valence-corrected chi connectivity index (χ4v) is 4.34. The fourth-order valence-electron chi connectivity index (χ4n) is 4.34. The molecule has 0 saturated heterocycles. The van der Waals surface area contributed by atoms with Gasteiger partial charge in [-0.15, -0.1) is 5.10 Å².